The van der Waals surface area contributed by atoms with E-state index in [9.17, 15) is 14.9 Å². The minimum absolute atomic E-state index is 0.0813. The van der Waals surface area contributed by atoms with E-state index in [4.69, 9.17) is 9.47 Å². The number of carbonyl (C=O) groups excluding carboxylic acids is 2. The Hall–Kier alpha value is -2.85. The van der Waals surface area contributed by atoms with Crippen LogP contribution in [0, 0.1) is 11.3 Å². The minimum atomic E-state index is -0.592. The number of rotatable bonds is 9. The van der Waals surface area contributed by atoms with Crippen LogP contribution in [-0.4, -0.2) is 37.7 Å². The van der Waals surface area contributed by atoms with Gasteiger partial charge in [0.1, 0.15) is 11.6 Å². The largest absolute Gasteiger partial charge is 0.462 e. The number of anilines is 1. The topological polar surface area (TPSA) is 100 Å². The third-order valence-electron chi connectivity index (χ3n) is 4.11. The molecule has 0 aromatic heterocycles. The summed E-state index contributed by atoms with van der Waals surface area (Å²) in [5, 5.41) is 14.8. The number of hydrogen-bond donors (Lipinski definition) is 2. The molecule has 1 unspecified atom stereocenters. The Morgan fingerprint density at radius 1 is 1.41 bits per heavy atom. The van der Waals surface area contributed by atoms with Crippen LogP contribution in [0.3, 0.4) is 0 Å². The van der Waals surface area contributed by atoms with Gasteiger partial charge in [-0.1, -0.05) is 25.5 Å². The van der Waals surface area contributed by atoms with Gasteiger partial charge in [0.15, 0.2) is 0 Å². The van der Waals surface area contributed by atoms with E-state index in [2.05, 4.69) is 10.6 Å². The highest BCUT2D eigenvalue weighted by Gasteiger charge is 2.17. The smallest absolute Gasteiger partial charge is 0.340 e. The minimum Gasteiger partial charge on any atom is -0.462 e. The third-order valence-corrected chi connectivity index (χ3v) is 4.11. The Kier molecular flexibility index (Phi) is 8.33. The second kappa shape index (κ2) is 11.0. The van der Waals surface area contributed by atoms with E-state index in [0.717, 1.165) is 32.3 Å². The molecule has 0 radical (unpaired) electrons. The maximum atomic E-state index is 12.4. The van der Waals surface area contributed by atoms with Gasteiger partial charge in [-0.15, -0.1) is 0 Å². The number of nitrogens with one attached hydrogen (secondary N) is 2. The van der Waals surface area contributed by atoms with Gasteiger partial charge in [0.25, 0.3) is 5.91 Å². The molecule has 0 bridgehead atoms. The van der Waals surface area contributed by atoms with Crippen LogP contribution >= 0.6 is 0 Å². The quantitative estimate of drug-likeness (QED) is 0.300. The Bertz CT molecular complexity index is 718. The van der Waals surface area contributed by atoms with Crippen LogP contribution in [0.1, 0.15) is 43.0 Å². The highest BCUT2D eigenvalue weighted by Crippen LogP contribution is 2.17. The zero-order chi connectivity index (χ0) is 19.5. The molecule has 7 nitrogen and oxygen atoms in total. The fourth-order valence-electron chi connectivity index (χ4n) is 2.59. The van der Waals surface area contributed by atoms with Crippen molar-refractivity contribution in [3.05, 3.63) is 41.6 Å². The lowest BCUT2D eigenvalue weighted by molar-refractivity contribution is -0.112. The van der Waals surface area contributed by atoms with Crippen molar-refractivity contribution in [2.24, 2.45) is 0 Å². The van der Waals surface area contributed by atoms with Crippen molar-refractivity contribution >= 4 is 17.6 Å². The molecule has 1 aliphatic rings. The molecule has 27 heavy (non-hydrogen) atoms. The number of nitrogens with zero attached hydrogens (tertiary/aromatic N) is 1. The number of carbonyl (C=O) groups is 2. The number of para-hydroxylation sites is 1. The molecule has 0 spiro atoms. The van der Waals surface area contributed by atoms with Crippen LogP contribution < -0.4 is 10.6 Å². The lowest BCUT2D eigenvalue weighted by atomic mass is 10.1. The first kappa shape index (κ1) is 20.5. The van der Waals surface area contributed by atoms with Crippen LogP contribution in [0.4, 0.5) is 5.69 Å². The lowest BCUT2D eigenvalue weighted by Crippen LogP contribution is -2.24. The highest BCUT2D eigenvalue weighted by atomic mass is 16.5. The molecule has 144 valence electrons. The predicted octanol–water partition coefficient (Wildman–Crippen LogP) is 2.76. The summed E-state index contributed by atoms with van der Waals surface area (Å²) in [4.78, 5) is 24.6. The number of nitriles is 1. The van der Waals surface area contributed by atoms with Gasteiger partial charge in [0.2, 0.25) is 0 Å². The summed E-state index contributed by atoms with van der Waals surface area (Å²) in [5.74, 6) is -1.09. The van der Waals surface area contributed by atoms with Crippen LogP contribution in [0.5, 0.6) is 0 Å². The Morgan fingerprint density at radius 3 is 2.93 bits per heavy atom. The monoisotopic (exact) mass is 371 g/mol. The Labute approximate surface area is 159 Å². The molecule has 1 heterocycles. The average Bonchev–Trinajstić information content (AvgIpc) is 3.19. The molecule has 0 aliphatic carbocycles. The molecule has 2 rings (SSSR count). The van der Waals surface area contributed by atoms with E-state index >= 15 is 0 Å². The molecular formula is C20H25N3O4. The average molecular weight is 371 g/mol. The molecule has 1 aromatic rings. The summed E-state index contributed by atoms with van der Waals surface area (Å²) in [6, 6.07) is 8.44. The second-order valence-corrected chi connectivity index (χ2v) is 6.20. The van der Waals surface area contributed by atoms with Crippen molar-refractivity contribution in [3.8, 4) is 6.07 Å². The van der Waals surface area contributed by atoms with E-state index in [0.29, 0.717) is 18.8 Å². The van der Waals surface area contributed by atoms with Gasteiger partial charge < -0.3 is 20.1 Å². The van der Waals surface area contributed by atoms with Crippen LogP contribution in [0.25, 0.3) is 0 Å². The zero-order valence-corrected chi connectivity index (χ0v) is 15.5. The van der Waals surface area contributed by atoms with Gasteiger partial charge in [-0.05, 0) is 31.4 Å². The summed E-state index contributed by atoms with van der Waals surface area (Å²) in [6.07, 6.45) is 5.15. The van der Waals surface area contributed by atoms with Crippen LogP contribution in [0.2, 0.25) is 0 Å². The molecule has 1 saturated heterocycles. The number of amides is 1. The number of unbranched alkanes of at least 4 members (excludes halogenated alkanes) is 1. The summed E-state index contributed by atoms with van der Waals surface area (Å²) in [5.41, 5.74) is 0.484. The Morgan fingerprint density at radius 2 is 2.22 bits per heavy atom. The summed E-state index contributed by atoms with van der Waals surface area (Å²) < 4.78 is 10.7. The van der Waals surface area contributed by atoms with E-state index < -0.39 is 11.9 Å². The summed E-state index contributed by atoms with van der Waals surface area (Å²) in [7, 11) is 0. The molecule has 1 fully saturated rings. The van der Waals surface area contributed by atoms with Gasteiger partial charge in [-0.2, -0.15) is 5.26 Å². The second-order valence-electron chi connectivity index (χ2n) is 6.20. The maximum absolute atomic E-state index is 12.4. The first-order valence-electron chi connectivity index (χ1n) is 9.18. The fraction of sp³-hybridized carbons (Fsp3) is 0.450. The first-order chi connectivity index (χ1) is 13.2. The third kappa shape index (κ3) is 6.42. The first-order valence-corrected chi connectivity index (χ1v) is 9.18. The number of esters is 1. The Balaban J connectivity index is 1.98. The molecule has 7 heteroatoms. The molecule has 1 aliphatic heterocycles. The molecule has 2 N–H and O–H groups in total. The van der Waals surface area contributed by atoms with Crippen molar-refractivity contribution in [1.29, 1.82) is 5.26 Å². The van der Waals surface area contributed by atoms with E-state index in [-0.39, 0.29) is 17.2 Å². The standard InChI is InChI=1S/C20H25N3O4/c1-2-3-10-27-20(25)17-8-4-5-9-18(17)23-19(24)15(12-21)13-22-14-16-7-6-11-26-16/h4-5,8-9,13,16,22H,2-3,6-7,10-11,14H2,1H3,(H,23,24)/b15-13-. The van der Waals surface area contributed by atoms with Gasteiger partial charge in [-0.3, -0.25) is 4.79 Å². The van der Waals surface area contributed by atoms with Crippen molar-refractivity contribution in [3.63, 3.8) is 0 Å². The van der Waals surface area contributed by atoms with Crippen molar-refractivity contribution in [1.82, 2.24) is 5.32 Å². The zero-order valence-electron chi connectivity index (χ0n) is 15.5. The molecular weight excluding hydrogens is 346 g/mol. The van der Waals surface area contributed by atoms with Gasteiger partial charge >= 0.3 is 5.97 Å². The SMILES string of the molecule is CCCCOC(=O)c1ccccc1NC(=O)/C(C#N)=C\NCC1CCCO1. The summed E-state index contributed by atoms with van der Waals surface area (Å²) >= 11 is 0. The normalized spacial score (nSPS) is 16.4. The van der Waals surface area contributed by atoms with Crippen molar-refractivity contribution < 1.29 is 19.1 Å². The molecule has 1 amide bonds. The van der Waals surface area contributed by atoms with E-state index in [1.165, 1.54) is 6.20 Å². The van der Waals surface area contributed by atoms with Gasteiger partial charge in [-0.25, -0.2) is 4.79 Å². The molecule has 1 aromatic carbocycles. The van der Waals surface area contributed by atoms with Crippen LogP contribution in [-0.2, 0) is 14.3 Å². The van der Waals surface area contributed by atoms with Gasteiger partial charge in [0.05, 0.1) is 24.0 Å². The number of hydrogen-bond acceptors (Lipinski definition) is 6. The predicted molar refractivity (Wildman–Crippen MR) is 101 cm³/mol. The van der Waals surface area contributed by atoms with Crippen molar-refractivity contribution in [2.45, 2.75) is 38.7 Å². The van der Waals surface area contributed by atoms with Crippen LogP contribution in [0.15, 0.2) is 36.0 Å². The highest BCUT2D eigenvalue weighted by molar-refractivity contribution is 6.09. The van der Waals surface area contributed by atoms with E-state index in [1.54, 1.807) is 24.3 Å². The summed E-state index contributed by atoms with van der Waals surface area (Å²) in [6.45, 7) is 3.62. The number of ether oxygens (including phenoxy) is 2. The number of benzene rings is 1. The molecule has 0 saturated carbocycles. The lowest BCUT2D eigenvalue weighted by Gasteiger charge is -2.11. The maximum Gasteiger partial charge on any atom is 0.340 e. The molecule has 1 atom stereocenters. The van der Waals surface area contributed by atoms with Gasteiger partial charge in [0, 0.05) is 19.4 Å². The van der Waals surface area contributed by atoms with E-state index in [1.807, 2.05) is 13.0 Å². The fourth-order valence-corrected chi connectivity index (χ4v) is 2.59. The van der Waals surface area contributed by atoms with Crippen molar-refractivity contribution in [2.75, 3.05) is 25.1 Å².